The monoisotopic (exact) mass is 507 g/mol. The minimum atomic E-state index is -1.45. The molecule has 1 saturated heterocycles. The Morgan fingerprint density at radius 3 is 2.68 bits per heavy atom. The summed E-state index contributed by atoms with van der Waals surface area (Å²) < 4.78 is 34.3. The van der Waals surface area contributed by atoms with Crippen LogP contribution in [-0.2, 0) is 4.74 Å². The normalized spacial score (nSPS) is 18.0. The standard InChI is InChI=1S/C27H27F2N5O3/c1-37-27(36)25(23-20(28)5-2-6-21(23)29)34-13-3-4-18(15-34)31-26(35)17-7-8-22-19(14-17)24(33-32-22)16-9-11-30-12-10-16/h2,5-12,14,18,25,27,36H,3-4,13,15H2,1H3,(H,31,35)(H,32,33)/t18-,25-,27?/m1/s1. The fourth-order valence-electron chi connectivity index (χ4n) is 4.96. The Morgan fingerprint density at radius 2 is 1.95 bits per heavy atom. The lowest BCUT2D eigenvalue weighted by Gasteiger charge is -2.40. The molecule has 1 aliphatic rings. The number of aromatic amines is 1. The molecule has 0 radical (unpaired) electrons. The molecule has 10 heteroatoms. The lowest BCUT2D eigenvalue weighted by Crippen LogP contribution is -2.51. The average molecular weight is 508 g/mol. The molecule has 192 valence electrons. The van der Waals surface area contributed by atoms with E-state index in [1.165, 1.54) is 13.2 Å². The van der Waals surface area contributed by atoms with E-state index in [9.17, 15) is 18.7 Å². The number of aromatic nitrogens is 3. The van der Waals surface area contributed by atoms with E-state index in [1.807, 2.05) is 12.1 Å². The van der Waals surface area contributed by atoms with Crippen LogP contribution >= 0.6 is 0 Å². The van der Waals surface area contributed by atoms with Crippen LogP contribution in [0.3, 0.4) is 0 Å². The number of likely N-dealkylation sites (tertiary alicyclic amines) is 1. The summed E-state index contributed by atoms with van der Waals surface area (Å²) in [4.78, 5) is 19.0. The zero-order valence-electron chi connectivity index (χ0n) is 20.2. The first-order valence-electron chi connectivity index (χ1n) is 12.0. The maximum Gasteiger partial charge on any atom is 0.251 e. The number of methoxy groups -OCH3 is 1. The number of carbonyl (C=O) groups is 1. The molecule has 5 rings (SSSR count). The number of ether oxygens (including phenoxy) is 1. The Morgan fingerprint density at radius 1 is 1.19 bits per heavy atom. The number of hydrogen-bond donors (Lipinski definition) is 3. The Bertz CT molecular complexity index is 1380. The van der Waals surface area contributed by atoms with Gasteiger partial charge in [-0.3, -0.25) is 19.8 Å². The summed E-state index contributed by atoms with van der Waals surface area (Å²) in [6.45, 7) is 0.780. The van der Waals surface area contributed by atoms with Crippen LogP contribution < -0.4 is 5.32 Å². The first kappa shape index (κ1) is 24.9. The van der Waals surface area contributed by atoms with E-state index in [2.05, 4.69) is 20.5 Å². The second kappa shape index (κ2) is 10.7. The molecule has 4 aromatic rings. The molecule has 1 fully saturated rings. The summed E-state index contributed by atoms with van der Waals surface area (Å²) in [5.74, 6) is -1.78. The molecule has 1 unspecified atom stereocenters. The Kier molecular flexibility index (Phi) is 7.22. The predicted octanol–water partition coefficient (Wildman–Crippen LogP) is 3.80. The summed E-state index contributed by atoms with van der Waals surface area (Å²) >= 11 is 0. The molecule has 8 nitrogen and oxygen atoms in total. The second-order valence-corrected chi connectivity index (χ2v) is 9.08. The van der Waals surface area contributed by atoms with E-state index in [1.54, 1.807) is 35.5 Å². The van der Waals surface area contributed by atoms with E-state index >= 15 is 0 Å². The van der Waals surface area contributed by atoms with Gasteiger partial charge in [-0.2, -0.15) is 5.10 Å². The third-order valence-corrected chi connectivity index (χ3v) is 6.77. The highest BCUT2D eigenvalue weighted by molar-refractivity contribution is 6.01. The third kappa shape index (κ3) is 5.08. The number of halogens is 2. The van der Waals surface area contributed by atoms with Gasteiger partial charge in [0.25, 0.3) is 5.91 Å². The van der Waals surface area contributed by atoms with Crippen molar-refractivity contribution in [2.45, 2.75) is 31.2 Å². The Hall–Kier alpha value is -3.73. The minimum Gasteiger partial charge on any atom is -0.366 e. The number of pyridine rings is 1. The summed E-state index contributed by atoms with van der Waals surface area (Å²) in [6.07, 6.45) is 3.27. The Balaban J connectivity index is 1.36. The van der Waals surface area contributed by atoms with E-state index in [0.717, 1.165) is 34.3 Å². The lowest BCUT2D eigenvalue weighted by molar-refractivity contribution is -0.132. The summed E-state index contributed by atoms with van der Waals surface area (Å²) in [5.41, 5.74) is 2.62. The SMILES string of the molecule is COC(O)[C@@H](c1c(F)cccc1F)N1CCC[C@@H](NC(=O)c2ccc3[nH]nc(-c4ccncc4)c3c2)C1. The maximum absolute atomic E-state index is 14.6. The molecule has 2 aromatic carbocycles. The topological polar surface area (TPSA) is 103 Å². The largest absolute Gasteiger partial charge is 0.366 e. The second-order valence-electron chi connectivity index (χ2n) is 9.08. The number of hydrogen-bond acceptors (Lipinski definition) is 6. The molecule has 0 saturated carbocycles. The molecule has 3 atom stereocenters. The van der Waals surface area contributed by atoms with Crippen molar-refractivity contribution in [2.24, 2.45) is 0 Å². The lowest BCUT2D eigenvalue weighted by atomic mass is 9.97. The van der Waals surface area contributed by atoms with Crippen LogP contribution in [-0.4, -0.2) is 63.6 Å². The highest BCUT2D eigenvalue weighted by Gasteiger charge is 2.36. The number of aliphatic hydroxyl groups excluding tert-OH is 1. The molecule has 0 spiro atoms. The molecular formula is C27H27F2N5O3. The molecule has 2 aromatic heterocycles. The van der Waals surface area contributed by atoms with Gasteiger partial charge in [-0.1, -0.05) is 6.07 Å². The molecular weight excluding hydrogens is 480 g/mol. The zero-order chi connectivity index (χ0) is 25.9. The molecule has 1 aliphatic heterocycles. The fourth-order valence-corrected chi connectivity index (χ4v) is 4.96. The molecule has 37 heavy (non-hydrogen) atoms. The van der Waals surface area contributed by atoms with Crippen LogP contribution in [0.25, 0.3) is 22.2 Å². The van der Waals surface area contributed by atoms with Crippen molar-refractivity contribution >= 4 is 16.8 Å². The van der Waals surface area contributed by atoms with Gasteiger partial charge in [0.1, 0.15) is 17.3 Å². The van der Waals surface area contributed by atoms with Gasteiger partial charge in [0.15, 0.2) is 6.29 Å². The van der Waals surface area contributed by atoms with E-state index in [4.69, 9.17) is 4.74 Å². The number of amides is 1. The third-order valence-electron chi connectivity index (χ3n) is 6.77. The number of H-pyrrole nitrogens is 1. The van der Waals surface area contributed by atoms with E-state index in [-0.39, 0.29) is 17.5 Å². The predicted molar refractivity (Wildman–Crippen MR) is 134 cm³/mol. The first-order chi connectivity index (χ1) is 18.0. The number of nitrogens with one attached hydrogen (secondary N) is 2. The number of nitrogens with zero attached hydrogens (tertiary/aromatic N) is 3. The van der Waals surface area contributed by atoms with Gasteiger partial charge >= 0.3 is 0 Å². The number of benzene rings is 2. The molecule has 1 amide bonds. The van der Waals surface area contributed by atoms with E-state index in [0.29, 0.717) is 31.5 Å². The minimum absolute atomic E-state index is 0.252. The van der Waals surface area contributed by atoms with Crippen LogP contribution in [0.5, 0.6) is 0 Å². The highest BCUT2D eigenvalue weighted by atomic mass is 19.1. The summed E-state index contributed by atoms with van der Waals surface area (Å²) in [7, 11) is 1.28. The molecule has 3 heterocycles. The van der Waals surface area contributed by atoms with Crippen molar-refractivity contribution in [3.8, 4) is 11.3 Å². The smallest absolute Gasteiger partial charge is 0.251 e. The van der Waals surface area contributed by atoms with Crippen LogP contribution in [0.2, 0.25) is 0 Å². The van der Waals surface area contributed by atoms with Gasteiger partial charge in [0.05, 0.1) is 11.6 Å². The Labute approximate surface area is 212 Å². The number of aliphatic hydroxyl groups is 1. The summed E-state index contributed by atoms with van der Waals surface area (Å²) in [6, 6.07) is 11.3. The van der Waals surface area contributed by atoms with Crippen molar-refractivity contribution in [3.63, 3.8) is 0 Å². The maximum atomic E-state index is 14.6. The van der Waals surface area contributed by atoms with E-state index < -0.39 is 24.0 Å². The van der Waals surface area contributed by atoms with Crippen molar-refractivity contribution in [1.82, 2.24) is 25.4 Å². The number of carbonyl (C=O) groups excluding carboxylic acids is 1. The molecule has 3 N–H and O–H groups in total. The van der Waals surface area contributed by atoms with Gasteiger partial charge in [0, 0.05) is 54.2 Å². The summed E-state index contributed by atoms with van der Waals surface area (Å²) in [5, 5.41) is 21.7. The van der Waals surface area contributed by atoms with Crippen molar-refractivity contribution < 1.29 is 23.4 Å². The molecule has 0 aliphatic carbocycles. The fraction of sp³-hybridized carbons (Fsp3) is 0.296. The van der Waals surface area contributed by atoms with Crippen molar-refractivity contribution in [1.29, 1.82) is 0 Å². The van der Waals surface area contributed by atoms with Gasteiger partial charge in [-0.25, -0.2) is 8.78 Å². The number of fused-ring (bicyclic) bond motifs is 1. The van der Waals surface area contributed by atoms with Crippen molar-refractivity contribution in [2.75, 3.05) is 20.2 Å². The van der Waals surface area contributed by atoms with Crippen LogP contribution in [0.1, 0.15) is 34.8 Å². The average Bonchev–Trinajstić information content (AvgIpc) is 3.34. The van der Waals surface area contributed by atoms with Crippen LogP contribution in [0, 0.1) is 11.6 Å². The first-order valence-corrected chi connectivity index (χ1v) is 12.0. The zero-order valence-corrected chi connectivity index (χ0v) is 20.2. The van der Waals surface area contributed by atoms with Crippen LogP contribution in [0.15, 0.2) is 60.9 Å². The van der Waals surface area contributed by atoms with Gasteiger partial charge < -0.3 is 15.2 Å². The van der Waals surface area contributed by atoms with Crippen LogP contribution in [0.4, 0.5) is 8.78 Å². The van der Waals surface area contributed by atoms with Gasteiger partial charge in [0.2, 0.25) is 0 Å². The highest BCUT2D eigenvalue weighted by Crippen LogP contribution is 2.32. The van der Waals surface area contributed by atoms with Gasteiger partial charge in [-0.05, 0) is 61.9 Å². The van der Waals surface area contributed by atoms with Gasteiger partial charge in [-0.15, -0.1) is 0 Å². The van der Waals surface area contributed by atoms with Crippen molar-refractivity contribution in [3.05, 3.63) is 83.7 Å². The molecule has 0 bridgehead atoms. The quantitative estimate of drug-likeness (QED) is 0.329. The number of rotatable bonds is 7. The number of piperidine rings is 1.